The van der Waals surface area contributed by atoms with Crippen molar-refractivity contribution in [3.8, 4) is 5.75 Å². The standard InChI is InChI=1S/C13H20N2O2/c1-13(2,3)9-14-12(16)15-10-6-5-7-11(8-10)17-4/h5-8H,9H2,1-4H3,(H2,14,15,16). The molecule has 2 amide bonds. The van der Waals surface area contributed by atoms with E-state index >= 15 is 0 Å². The minimum absolute atomic E-state index is 0.0751. The number of ether oxygens (including phenoxy) is 1. The van der Waals surface area contributed by atoms with Crippen molar-refractivity contribution in [2.24, 2.45) is 5.41 Å². The van der Waals surface area contributed by atoms with E-state index in [0.29, 0.717) is 6.54 Å². The quantitative estimate of drug-likeness (QED) is 0.847. The lowest BCUT2D eigenvalue weighted by Gasteiger charge is -2.19. The Kier molecular flexibility index (Phi) is 4.37. The number of nitrogens with one attached hydrogen (secondary N) is 2. The maximum atomic E-state index is 11.6. The van der Waals surface area contributed by atoms with Crippen LogP contribution < -0.4 is 15.4 Å². The van der Waals surface area contributed by atoms with Gasteiger partial charge in [0.1, 0.15) is 5.75 Å². The van der Waals surface area contributed by atoms with Crippen molar-refractivity contribution in [3.63, 3.8) is 0 Å². The van der Waals surface area contributed by atoms with Gasteiger partial charge < -0.3 is 15.4 Å². The summed E-state index contributed by atoms with van der Waals surface area (Å²) >= 11 is 0. The number of benzene rings is 1. The van der Waals surface area contributed by atoms with Gasteiger partial charge in [-0.1, -0.05) is 26.8 Å². The number of rotatable bonds is 3. The minimum Gasteiger partial charge on any atom is -0.497 e. The summed E-state index contributed by atoms with van der Waals surface area (Å²) in [5.41, 5.74) is 0.793. The van der Waals surface area contributed by atoms with Gasteiger partial charge in [0.15, 0.2) is 0 Å². The van der Waals surface area contributed by atoms with Crippen LogP contribution >= 0.6 is 0 Å². The highest BCUT2D eigenvalue weighted by Crippen LogP contribution is 2.16. The Morgan fingerprint density at radius 1 is 1.35 bits per heavy atom. The summed E-state index contributed by atoms with van der Waals surface area (Å²) in [6.07, 6.45) is 0. The highest BCUT2D eigenvalue weighted by atomic mass is 16.5. The third-order valence-electron chi connectivity index (χ3n) is 2.11. The van der Waals surface area contributed by atoms with E-state index in [2.05, 4.69) is 31.4 Å². The van der Waals surface area contributed by atoms with Crippen LogP contribution in [0, 0.1) is 5.41 Å². The second kappa shape index (κ2) is 5.57. The fraction of sp³-hybridized carbons (Fsp3) is 0.462. The van der Waals surface area contributed by atoms with Crippen LogP contribution in [0.5, 0.6) is 5.75 Å². The lowest BCUT2D eigenvalue weighted by atomic mass is 9.97. The first-order valence-corrected chi connectivity index (χ1v) is 5.59. The Hall–Kier alpha value is -1.71. The van der Waals surface area contributed by atoms with E-state index in [1.54, 1.807) is 13.2 Å². The first kappa shape index (κ1) is 13.4. The van der Waals surface area contributed by atoms with E-state index in [1.165, 1.54) is 0 Å². The van der Waals surface area contributed by atoms with Crippen LogP contribution in [0.1, 0.15) is 20.8 Å². The molecule has 0 aromatic heterocycles. The molecule has 4 nitrogen and oxygen atoms in total. The third kappa shape index (κ3) is 5.24. The fourth-order valence-electron chi connectivity index (χ4n) is 1.22. The molecule has 0 spiro atoms. The first-order chi connectivity index (χ1) is 7.90. The Bertz CT molecular complexity index is 383. The third-order valence-corrected chi connectivity index (χ3v) is 2.11. The molecule has 1 aromatic carbocycles. The molecule has 4 heteroatoms. The molecule has 1 rings (SSSR count). The molecule has 0 aliphatic carbocycles. The molecular weight excluding hydrogens is 216 g/mol. The van der Waals surface area contributed by atoms with Gasteiger partial charge in [0.05, 0.1) is 7.11 Å². The summed E-state index contributed by atoms with van der Waals surface area (Å²) in [7, 11) is 1.60. The van der Waals surface area contributed by atoms with Crippen molar-refractivity contribution in [2.75, 3.05) is 19.0 Å². The summed E-state index contributed by atoms with van der Waals surface area (Å²) < 4.78 is 5.08. The Morgan fingerprint density at radius 2 is 2.06 bits per heavy atom. The van der Waals surface area contributed by atoms with Crippen LogP contribution in [0.25, 0.3) is 0 Å². The second-order valence-electron chi connectivity index (χ2n) is 5.10. The number of amides is 2. The van der Waals surface area contributed by atoms with E-state index in [-0.39, 0.29) is 11.4 Å². The molecule has 17 heavy (non-hydrogen) atoms. The molecule has 0 aliphatic rings. The number of carbonyl (C=O) groups is 1. The maximum absolute atomic E-state index is 11.6. The topological polar surface area (TPSA) is 50.4 Å². The first-order valence-electron chi connectivity index (χ1n) is 5.59. The predicted octanol–water partition coefficient (Wildman–Crippen LogP) is 2.86. The summed E-state index contributed by atoms with van der Waals surface area (Å²) in [5, 5.41) is 5.58. The molecule has 0 saturated carbocycles. The van der Waals surface area contributed by atoms with E-state index in [4.69, 9.17) is 4.74 Å². The van der Waals surface area contributed by atoms with E-state index < -0.39 is 0 Å². The Morgan fingerprint density at radius 3 is 2.65 bits per heavy atom. The molecular formula is C13H20N2O2. The average molecular weight is 236 g/mol. The van der Waals surface area contributed by atoms with Crippen LogP contribution in [-0.4, -0.2) is 19.7 Å². The molecule has 94 valence electrons. The van der Waals surface area contributed by atoms with Gasteiger partial charge in [-0.25, -0.2) is 4.79 Å². The zero-order valence-electron chi connectivity index (χ0n) is 10.8. The molecule has 0 radical (unpaired) electrons. The molecule has 1 aromatic rings. The van der Waals surface area contributed by atoms with Crippen LogP contribution in [0.4, 0.5) is 10.5 Å². The normalized spacial score (nSPS) is 10.8. The molecule has 0 saturated heterocycles. The number of carbonyl (C=O) groups excluding carboxylic acids is 1. The van der Waals surface area contributed by atoms with Gasteiger partial charge in [0, 0.05) is 18.3 Å². The Labute approximate surface area is 102 Å². The van der Waals surface area contributed by atoms with Crippen molar-refractivity contribution in [1.82, 2.24) is 5.32 Å². The number of urea groups is 1. The average Bonchev–Trinajstić information content (AvgIpc) is 2.26. The van der Waals surface area contributed by atoms with Crippen molar-refractivity contribution in [2.45, 2.75) is 20.8 Å². The smallest absolute Gasteiger partial charge is 0.319 e. The highest BCUT2D eigenvalue weighted by molar-refractivity contribution is 5.89. The predicted molar refractivity (Wildman–Crippen MR) is 69.5 cm³/mol. The van der Waals surface area contributed by atoms with Gasteiger partial charge in [-0.15, -0.1) is 0 Å². The van der Waals surface area contributed by atoms with Gasteiger partial charge in [-0.2, -0.15) is 0 Å². The molecule has 0 aliphatic heterocycles. The number of methoxy groups -OCH3 is 1. The number of hydrogen-bond donors (Lipinski definition) is 2. The molecule has 0 fully saturated rings. The summed E-state index contributed by atoms with van der Waals surface area (Å²) in [6.45, 7) is 6.83. The molecule has 0 bridgehead atoms. The lowest BCUT2D eigenvalue weighted by Crippen LogP contribution is -2.35. The van der Waals surface area contributed by atoms with Crippen LogP contribution in [0.3, 0.4) is 0 Å². The fourth-order valence-corrected chi connectivity index (χ4v) is 1.22. The monoisotopic (exact) mass is 236 g/mol. The van der Waals surface area contributed by atoms with E-state index in [9.17, 15) is 4.79 Å². The molecule has 2 N–H and O–H groups in total. The zero-order valence-corrected chi connectivity index (χ0v) is 10.8. The van der Waals surface area contributed by atoms with Crippen molar-refractivity contribution in [3.05, 3.63) is 24.3 Å². The van der Waals surface area contributed by atoms with Gasteiger partial charge >= 0.3 is 6.03 Å². The van der Waals surface area contributed by atoms with Crippen molar-refractivity contribution >= 4 is 11.7 Å². The summed E-state index contributed by atoms with van der Waals surface area (Å²) in [4.78, 5) is 11.6. The van der Waals surface area contributed by atoms with Crippen molar-refractivity contribution in [1.29, 1.82) is 0 Å². The number of anilines is 1. The van der Waals surface area contributed by atoms with Gasteiger partial charge in [-0.3, -0.25) is 0 Å². The Balaban J connectivity index is 2.50. The summed E-state index contributed by atoms with van der Waals surface area (Å²) in [5.74, 6) is 0.721. The van der Waals surface area contributed by atoms with E-state index in [1.807, 2.05) is 18.2 Å². The lowest BCUT2D eigenvalue weighted by molar-refractivity contribution is 0.247. The number of hydrogen-bond acceptors (Lipinski definition) is 2. The highest BCUT2D eigenvalue weighted by Gasteiger charge is 2.11. The summed E-state index contributed by atoms with van der Waals surface area (Å²) in [6, 6.07) is 7.06. The second-order valence-corrected chi connectivity index (χ2v) is 5.10. The van der Waals surface area contributed by atoms with Gasteiger partial charge in [0.25, 0.3) is 0 Å². The van der Waals surface area contributed by atoms with E-state index in [0.717, 1.165) is 11.4 Å². The van der Waals surface area contributed by atoms with Crippen LogP contribution in [0.2, 0.25) is 0 Å². The molecule has 0 atom stereocenters. The van der Waals surface area contributed by atoms with Gasteiger partial charge in [0.2, 0.25) is 0 Å². The van der Waals surface area contributed by atoms with Gasteiger partial charge in [-0.05, 0) is 17.5 Å². The molecule has 0 unspecified atom stereocenters. The van der Waals surface area contributed by atoms with Crippen molar-refractivity contribution < 1.29 is 9.53 Å². The SMILES string of the molecule is COc1cccc(NC(=O)NCC(C)(C)C)c1. The zero-order chi connectivity index (χ0) is 12.9. The molecule has 0 heterocycles. The largest absolute Gasteiger partial charge is 0.497 e. The maximum Gasteiger partial charge on any atom is 0.319 e. The minimum atomic E-state index is -0.201. The van der Waals surface area contributed by atoms with Crippen LogP contribution in [-0.2, 0) is 0 Å². The van der Waals surface area contributed by atoms with Crippen LogP contribution in [0.15, 0.2) is 24.3 Å².